The third-order valence-corrected chi connectivity index (χ3v) is 7.93. The maximum Gasteiger partial charge on any atom is 0.191 e. The van der Waals surface area contributed by atoms with Crippen LogP contribution in [0.2, 0.25) is 0 Å². The number of fused-ring (bicyclic) bond motifs is 3. The van der Waals surface area contributed by atoms with Gasteiger partial charge in [-0.25, -0.2) is 4.39 Å². The van der Waals surface area contributed by atoms with Crippen molar-refractivity contribution in [3.8, 4) is 5.75 Å². The van der Waals surface area contributed by atoms with E-state index in [-0.39, 0.29) is 11.9 Å². The SMILES string of the molecule is OC(c1ccccc1)(c1ccccc1)c1cc(C[N+]23CCC(CC2)[C@@H](Oc2cccc(F)c2)C3)on1. The molecule has 0 aliphatic carbocycles. The predicted octanol–water partition coefficient (Wildman–Crippen LogP) is 5.29. The molecule has 5 nitrogen and oxygen atoms in total. The van der Waals surface area contributed by atoms with Crippen molar-refractivity contribution in [2.24, 2.45) is 5.92 Å². The number of rotatable bonds is 7. The van der Waals surface area contributed by atoms with Crippen LogP contribution in [0.4, 0.5) is 4.39 Å². The normalized spacial score (nSPS) is 23.5. The number of nitrogens with zero attached hydrogens (tertiary/aromatic N) is 2. The maximum absolute atomic E-state index is 13.7. The van der Waals surface area contributed by atoms with Gasteiger partial charge in [0.1, 0.15) is 30.4 Å². The summed E-state index contributed by atoms with van der Waals surface area (Å²) >= 11 is 0. The number of quaternary nitrogens is 1. The molecule has 184 valence electrons. The van der Waals surface area contributed by atoms with Gasteiger partial charge in [-0.2, -0.15) is 0 Å². The minimum atomic E-state index is -1.41. The van der Waals surface area contributed by atoms with E-state index in [1.54, 1.807) is 6.07 Å². The van der Waals surface area contributed by atoms with Crippen LogP contribution in [0.25, 0.3) is 0 Å². The molecule has 4 heterocycles. The Morgan fingerprint density at radius 2 is 1.58 bits per heavy atom. The van der Waals surface area contributed by atoms with E-state index in [0.29, 0.717) is 23.9 Å². The molecule has 0 amide bonds. The fourth-order valence-electron chi connectivity index (χ4n) is 6.00. The van der Waals surface area contributed by atoms with E-state index in [2.05, 4.69) is 5.16 Å². The molecular formula is C30H30FN2O3+. The number of aromatic nitrogens is 1. The number of hydrogen-bond donors (Lipinski definition) is 1. The molecule has 0 radical (unpaired) electrons. The molecule has 4 aromatic rings. The van der Waals surface area contributed by atoms with Crippen molar-refractivity contribution < 1.29 is 23.2 Å². The highest BCUT2D eigenvalue weighted by Crippen LogP contribution is 2.39. The smallest absolute Gasteiger partial charge is 0.191 e. The van der Waals surface area contributed by atoms with Crippen LogP contribution in [0.5, 0.6) is 5.75 Å². The van der Waals surface area contributed by atoms with E-state index in [1.165, 1.54) is 12.1 Å². The van der Waals surface area contributed by atoms with Crippen molar-refractivity contribution in [2.75, 3.05) is 19.6 Å². The van der Waals surface area contributed by atoms with Crippen molar-refractivity contribution in [2.45, 2.75) is 31.1 Å². The van der Waals surface area contributed by atoms with Crippen LogP contribution in [-0.4, -0.2) is 40.5 Å². The van der Waals surface area contributed by atoms with Gasteiger partial charge in [-0.3, -0.25) is 0 Å². The van der Waals surface area contributed by atoms with Gasteiger partial charge in [-0.05, 0) is 23.3 Å². The Labute approximate surface area is 210 Å². The molecule has 0 unspecified atom stereocenters. The molecular weight excluding hydrogens is 455 g/mol. The fraction of sp³-hybridized carbons (Fsp3) is 0.300. The van der Waals surface area contributed by atoms with Gasteiger partial charge in [0.05, 0.1) is 13.1 Å². The number of aliphatic hydroxyl groups is 1. The molecule has 1 N–H and O–H groups in total. The monoisotopic (exact) mass is 485 g/mol. The van der Waals surface area contributed by atoms with Crippen LogP contribution >= 0.6 is 0 Å². The van der Waals surface area contributed by atoms with E-state index < -0.39 is 5.60 Å². The van der Waals surface area contributed by atoms with Crippen LogP contribution in [0, 0.1) is 11.7 Å². The van der Waals surface area contributed by atoms with Gasteiger partial charge >= 0.3 is 0 Å². The Bertz CT molecular complexity index is 1280. The lowest BCUT2D eigenvalue weighted by molar-refractivity contribution is -0.959. The second-order valence-electron chi connectivity index (χ2n) is 10.2. The lowest BCUT2D eigenvalue weighted by atomic mass is 9.82. The average molecular weight is 486 g/mol. The number of halogens is 1. The third kappa shape index (κ3) is 4.21. The molecule has 3 aliphatic rings. The van der Waals surface area contributed by atoms with Crippen molar-refractivity contribution in [3.63, 3.8) is 0 Å². The van der Waals surface area contributed by atoms with Gasteiger partial charge in [0.25, 0.3) is 0 Å². The minimum Gasteiger partial charge on any atom is -0.484 e. The topological polar surface area (TPSA) is 55.5 Å². The molecule has 3 aromatic carbocycles. The summed E-state index contributed by atoms with van der Waals surface area (Å²) in [6, 6.07) is 27.5. The van der Waals surface area contributed by atoms with E-state index in [0.717, 1.165) is 53.8 Å². The quantitative estimate of drug-likeness (QED) is 0.362. The van der Waals surface area contributed by atoms with Crippen molar-refractivity contribution >= 4 is 0 Å². The molecule has 6 heteroatoms. The summed E-state index contributed by atoms with van der Waals surface area (Å²) in [4.78, 5) is 0. The lowest BCUT2D eigenvalue weighted by Gasteiger charge is -2.51. The molecule has 0 saturated carbocycles. The largest absolute Gasteiger partial charge is 0.484 e. The van der Waals surface area contributed by atoms with Crippen LogP contribution < -0.4 is 4.74 Å². The van der Waals surface area contributed by atoms with Crippen LogP contribution in [0.3, 0.4) is 0 Å². The Morgan fingerprint density at radius 1 is 0.917 bits per heavy atom. The number of benzene rings is 3. The summed E-state index contributed by atoms with van der Waals surface area (Å²) in [6.45, 7) is 3.62. The Balaban J connectivity index is 1.26. The van der Waals surface area contributed by atoms with Gasteiger partial charge in [0.15, 0.2) is 17.5 Å². The molecule has 2 bridgehead atoms. The highest BCUT2D eigenvalue weighted by atomic mass is 19.1. The highest BCUT2D eigenvalue weighted by molar-refractivity contribution is 5.44. The summed E-state index contributed by atoms with van der Waals surface area (Å²) < 4.78 is 26.7. The summed E-state index contributed by atoms with van der Waals surface area (Å²) in [5, 5.41) is 16.4. The number of ether oxygens (including phenoxy) is 1. The molecule has 7 rings (SSSR count). The second-order valence-corrected chi connectivity index (χ2v) is 10.2. The Hall–Kier alpha value is -3.48. The molecule has 1 aromatic heterocycles. The molecule has 0 spiro atoms. The first-order chi connectivity index (χ1) is 17.5. The molecule has 3 fully saturated rings. The van der Waals surface area contributed by atoms with E-state index >= 15 is 0 Å². The Kier molecular flexibility index (Phi) is 5.86. The van der Waals surface area contributed by atoms with Gasteiger partial charge in [-0.1, -0.05) is 71.9 Å². The zero-order chi connectivity index (χ0) is 24.6. The number of piperidine rings is 3. The summed E-state index contributed by atoms with van der Waals surface area (Å²) in [5.41, 5.74) is 0.547. The average Bonchev–Trinajstić information content (AvgIpc) is 3.38. The van der Waals surface area contributed by atoms with E-state index in [9.17, 15) is 9.50 Å². The summed E-state index contributed by atoms with van der Waals surface area (Å²) in [6.07, 6.45) is 2.18. The first-order valence-corrected chi connectivity index (χ1v) is 12.6. The molecule has 3 aliphatic heterocycles. The van der Waals surface area contributed by atoms with Crippen molar-refractivity contribution in [1.29, 1.82) is 0 Å². The van der Waals surface area contributed by atoms with Crippen molar-refractivity contribution in [3.05, 3.63) is 119 Å². The minimum absolute atomic E-state index is 0.0438. The van der Waals surface area contributed by atoms with Crippen molar-refractivity contribution in [1.82, 2.24) is 5.16 Å². The Morgan fingerprint density at radius 3 is 2.22 bits per heavy atom. The van der Waals surface area contributed by atoms with Crippen LogP contribution in [0.1, 0.15) is 35.4 Å². The van der Waals surface area contributed by atoms with Gasteiger partial charge in [0, 0.05) is 30.9 Å². The first kappa shape index (κ1) is 23.0. The molecule has 1 atom stereocenters. The summed E-state index contributed by atoms with van der Waals surface area (Å²) in [5.74, 6) is 1.54. The second kappa shape index (κ2) is 9.19. The zero-order valence-electron chi connectivity index (χ0n) is 20.1. The van der Waals surface area contributed by atoms with Gasteiger partial charge in [-0.15, -0.1) is 0 Å². The molecule has 3 saturated heterocycles. The first-order valence-electron chi connectivity index (χ1n) is 12.6. The van der Waals surface area contributed by atoms with E-state index in [1.807, 2.05) is 72.8 Å². The summed E-state index contributed by atoms with van der Waals surface area (Å²) in [7, 11) is 0. The van der Waals surface area contributed by atoms with Gasteiger partial charge in [0.2, 0.25) is 0 Å². The lowest BCUT2D eigenvalue weighted by Crippen LogP contribution is -2.64. The van der Waals surface area contributed by atoms with Crippen LogP contribution in [-0.2, 0) is 12.1 Å². The highest BCUT2D eigenvalue weighted by Gasteiger charge is 2.48. The van der Waals surface area contributed by atoms with E-state index in [4.69, 9.17) is 9.26 Å². The predicted molar refractivity (Wildman–Crippen MR) is 134 cm³/mol. The van der Waals surface area contributed by atoms with Gasteiger partial charge < -0.3 is 18.8 Å². The standard InChI is InChI=1S/C30H30FN2O3/c31-25-12-7-13-26(18-25)35-28-21-33(16-14-22(28)15-17-33)20-27-19-29(32-36-27)30(34,23-8-3-1-4-9-23)24-10-5-2-6-11-24/h1-13,18-19,22,28,34H,14-17,20-21H2/q+1/t22?,28-,33?/m0/s1. The fourth-order valence-corrected chi connectivity index (χ4v) is 6.00. The third-order valence-electron chi connectivity index (χ3n) is 7.93. The molecule has 36 heavy (non-hydrogen) atoms. The zero-order valence-corrected chi connectivity index (χ0v) is 20.1. The van der Waals surface area contributed by atoms with Crippen LogP contribution in [0.15, 0.2) is 95.5 Å². The maximum atomic E-state index is 13.7. The number of hydrogen-bond acceptors (Lipinski definition) is 4.